The Balaban J connectivity index is 2.01. The zero-order valence-electron chi connectivity index (χ0n) is 16.8. The van der Waals surface area contributed by atoms with Crippen molar-refractivity contribution in [1.82, 2.24) is 0 Å². The summed E-state index contributed by atoms with van der Waals surface area (Å²) in [6.45, 7) is 11.5. The predicted octanol–water partition coefficient (Wildman–Crippen LogP) is 3.05. The number of nitrogens with one attached hydrogen (secondary N) is 2. The van der Waals surface area contributed by atoms with Crippen molar-refractivity contribution in [1.29, 1.82) is 0 Å². The lowest BCUT2D eigenvalue weighted by Crippen LogP contribution is -3.12. The fraction of sp³-hybridized carbons (Fsp3) is 0.409. The van der Waals surface area contributed by atoms with Crippen molar-refractivity contribution in [3.8, 4) is 5.75 Å². The number of hydrogen-bond acceptors (Lipinski definition) is 2. The average Bonchev–Trinajstić information content (AvgIpc) is 2.59. The van der Waals surface area contributed by atoms with Crippen LogP contribution in [0.15, 0.2) is 36.4 Å². The molecule has 2 N–H and O–H groups in total. The molecule has 0 saturated carbocycles. The van der Waals surface area contributed by atoms with Crippen LogP contribution in [0.2, 0.25) is 0 Å². The molecule has 1 unspecified atom stereocenters. The van der Waals surface area contributed by atoms with Crippen LogP contribution in [0.5, 0.6) is 5.75 Å². The molecule has 0 bridgehead atoms. The van der Waals surface area contributed by atoms with Gasteiger partial charge in [-0.05, 0) is 70.0 Å². The topological polar surface area (TPSA) is 42.8 Å². The maximum Gasteiger partial charge on any atom is 0.282 e. The Labute approximate surface area is 157 Å². The lowest BCUT2D eigenvalue weighted by molar-refractivity contribution is -0.907. The first-order valence-electron chi connectivity index (χ1n) is 9.24. The number of quaternary nitrogens is 1. The summed E-state index contributed by atoms with van der Waals surface area (Å²) < 4.78 is 5.48. The second kappa shape index (κ2) is 8.86. The quantitative estimate of drug-likeness (QED) is 0.802. The number of carbonyl (C=O) groups is 1. The summed E-state index contributed by atoms with van der Waals surface area (Å²) >= 11 is 0. The van der Waals surface area contributed by atoms with Gasteiger partial charge in [0.15, 0.2) is 6.04 Å². The van der Waals surface area contributed by atoms with Gasteiger partial charge in [-0.15, -0.1) is 0 Å². The molecule has 0 aromatic heterocycles. The van der Waals surface area contributed by atoms with Gasteiger partial charge in [0.25, 0.3) is 5.91 Å². The van der Waals surface area contributed by atoms with E-state index in [2.05, 4.69) is 43.6 Å². The van der Waals surface area contributed by atoms with E-state index in [9.17, 15) is 4.79 Å². The Morgan fingerprint density at radius 2 is 1.69 bits per heavy atom. The van der Waals surface area contributed by atoms with Crippen molar-refractivity contribution in [3.05, 3.63) is 58.7 Å². The molecule has 0 radical (unpaired) electrons. The van der Waals surface area contributed by atoms with Crippen LogP contribution in [0.25, 0.3) is 0 Å². The molecule has 140 valence electrons. The highest BCUT2D eigenvalue weighted by atomic mass is 16.5. The van der Waals surface area contributed by atoms with E-state index in [1.807, 2.05) is 39.8 Å². The summed E-state index contributed by atoms with van der Waals surface area (Å²) in [4.78, 5) is 13.9. The minimum absolute atomic E-state index is 0.0449. The maximum absolute atomic E-state index is 12.7. The Kier molecular flexibility index (Phi) is 6.81. The van der Waals surface area contributed by atoms with Gasteiger partial charge in [-0.25, -0.2) is 0 Å². The zero-order valence-corrected chi connectivity index (χ0v) is 16.8. The van der Waals surface area contributed by atoms with E-state index in [4.69, 9.17) is 4.74 Å². The van der Waals surface area contributed by atoms with Crippen molar-refractivity contribution >= 4 is 11.6 Å². The van der Waals surface area contributed by atoms with Crippen LogP contribution < -0.4 is 15.0 Å². The highest BCUT2D eigenvalue weighted by Crippen LogP contribution is 2.21. The molecule has 2 aromatic rings. The van der Waals surface area contributed by atoms with E-state index in [1.165, 1.54) is 11.1 Å². The molecule has 4 heteroatoms. The first-order valence-corrected chi connectivity index (χ1v) is 9.24. The lowest BCUT2D eigenvalue weighted by Gasteiger charge is -2.22. The number of carbonyl (C=O) groups excluding carboxylic acids is 1. The van der Waals surface area contributed by atoms with E-state index in [-0.39, 0.29) is 11.9 Å². The molecule has 26 heavy (non-hydrogen) atoms. The minimum Gasteiger partial charge on any atom is -0.494 e. The first kappa shape index (κ1) is 20.0. The Hall–Kier alpha value is -2.33. The molecule has 1 amide bonds. The molecule has 0 aliphatic rings. The Morgan fingerprint density at radius 3 is 2.23 bits per heavy atom. The molecule has 4 nitrogen and oxygen atoms in total. The van der Waals surface area contributed by atoms with Crippen LogP contribution in [0.3, 0.4) is 0 Å². The number of rotatable bonds is 7. The second-order valence-electron chi connectivity index (χ2n) is 7.08. The largest absolute Gasteiger partial charge is 0.494 e. The first-order chi connectivity index (χ1) is 12.3. The molecular weight excluding hydrogens is 324 g/mol. The molecule has 0 heterocycles. The second-order valence-corrected chi connectivity index (χ2v) is 7.08. The molecule has 0 fully saturated rings. The summed E-state index contributed by atoms with van der Waals surface area (Å²) in [6, 6.07) is 12.1. The number of likely N-dealkylation sites (N-methyl/N-ethyl adjacent to an activating group) is 1. The Morgan fingerprint density at radius 1 is 1.12 bits per heavy atom. The SMILES string of the molecule is CCOc1ccc(C[NH+](C)[C@@H](C)C(=O)Nc2c(C)cc(C)cc2C)cc1. The Bertz CT molecular complexity index is 730. The zero-order chi connectivity index (χ0) is 19.3. The summed E-state index contributed by atoms with van der Waals surface area (Å²) in [5.74, 6) is 0.925. The van der Waals surface area contributed by atoms with Crippen molar-refractivity contribution in [2.45, 2.75) is 47.2 Å². The van der Waals surface area contributed by atoms with Gasteiger partial charge in [-0.1, -0.05) is 17.7 Å². The molecule has 0 saturated heterocycles. The van der Waals surface area contributed by atoms with Crippen molar-refractivity contribution < 1.29 is 14.4 Å². The van der Waals surface area contributed by atoms with Crippen LogP contribution in [0.1, 0.15) is 36.1 Å². The van der Waals surface area contributed by atoms with E-state index in [0.29, 0.717) is 6.61 Å². The van der Waals surface area contributed by atoms with E-state index >= 15 is 0 Å². The molecule has 0 aliphatic heterocycles. The molecule has 2 rings (SSSR count). The van der Waals surface area contributed by atoms with Crippen molar-refractivity contribution in [2.24, 2.45) is 0 Å². The third kappa shape index (κ3) is 5.09. The number of benzene rings is 2. The van der Waals surface area contributed by atoms with Gasteiger partial charge in [0, 0.05) is 11.3 Å². The van der Waals surface area contributed by atoms with Gasteiger partial charge in [-0.3, -0.25) is 4.79 Å². The van der Waals surface area contributed by atoms with Gasteiger partial charge >= 0.3 is 0 Å². The number of hydrogen-bond donors (Lipinski definition) is 2. The van der Waals surface area contributed by atoms with Crippen LogP contribution in [-0.2, 0) is 11.3 Å². The van der Waals surface area contributed by atoms with E-state index in [1.54, 1.807) is 0 Å². The fourth-order valence-corrected chi connectivity index (χ4v) is 3.18. The van der Waals surface area contributed by atoms with Gasteiger partial charge in [0.1, 0.15) is 12.3 Å². The summed E-state index contributed by atoms with van der Waals surface area (Å²) in [7, 11) is 2.05. The predicted molar refractivity (Wildman–Crippen MR) is 107 cm³/mol. The van der Waals surface area contributed by atoms with Crippen molar-refractivity contribution in [3.63, 3.8) is 0 Å². The normalized spacial score (nSPS) is 13.2. The van der Waals surface area contributed by atoms with Crippen LogP contribution in [-0.4, -0.2) is 25.6 Å². The lowest BCUT2D eigenvalue weighted by atomic mass is 10.0. The monoisotopic (exact) mass is 355 g/mol. The number of ether oxygens (including phenoxy) is 1. The third-order valence-corrected chi connectivity index (χ3v) is 4.78. The van der Waals surface area contributed by atoms with Crippen molar-refractivity contribution in [2.75, 3.05) is 19.0 Å². The molecule has 2 atom stereocenters. The minimum atomic E-state index is -0.151. The number of anilines is 1. The summed E-state index contributed by atoms with van der Waals surface area (Å²) in [5, 5.41) is 3.12. The van der Waals surface area contributed by atoms with Gasteiger partial charge < -0.3 is 15.0 Å². The maximum atomic E-state index is 12.7. The molecule has 0 spiro atoms. The highest BCUT2D eigenvalue weighted by Gasteiger charge is 2.23. The summed E-state index contributed by atoms with van der Waals surface area (Å²) in [6.07, 6.45) is 0. The van der Waals surface area contributed by atoms with Gasteiger partial charge in [0.2, 0.25) is 0 Å². The van der Waals surface area contributed by atoms with Gasteiger partial charge in [-0.2, -0.15) is 0 Å². The number of aryl methyl sites for hydroxylation is 3. The smallest absolute Gasteiger partial charge is 0.282 e. The molecule has 2 aromatic carbocycles. The standard InChI is InChI=1S/C22H30N2O2/c1-7-26-20-10-8-19(9-11-20)14-24(6)18(5)22(25)23-21-16(3)12-15(2)13-17(21)4/h8-13,18H,7,14H2,1-6H3,(H,23,25)/p+1/t18-/m0/s1. The molecule has 0 aliphatic carbocycles. The van der Waals surface area contributed by atoms with Crippen LogP contribution >= 0.6 is 0 Å². The van der Waals surface area contributed by atoms with E-state index < -0.39 is 0 Å². The number of amides is 1. The van der Waals surface area contributed by atoms with E-state index in [0.717, 1.165) is 34.0 Å². The van der Waals surface area contributed by atoms with Gasteiger partial charge in [0.05, 0.1) is 13.7 Å². The molecular formula is C22H31N2O2+. The van der Waals surface area contributed by atoms with Crippen LogP contribution in [0.4, 0.5) is 5.69 Å². The summed E-state index contributed by atoms with van der Waals surface area (Å²) in [5.41, 5.74) is 5.54. The average molecular weight is 356 g/mol. The third-order valence-electron chi connectivity index (χ3n) is 4.78. The highest BCUT2D eigenvalue weighted by molar-refractivity contribution is 5.95. The van der Waals surface area contributed by atoms with Crippen LogP contribution in [0, 0.1) is 20.8 Å². The fourth-order valence-electron chi connectivity index (χ4n) is 3.18.